The van der Waals surface area contributed by atoms with Crippen LogP contribution >= 0.6 is 0 Å². The van der Waals surface area contributed by atoms with E-state index in [2.05, 4.69) is 29.8 Å². The summed E-state index contributed by atoms with van der Waals surface area (Å²) in [6.45, 7) is 8.85. The molecular weight excluding hydrogens is 348 g/mol. The number of amides is 2. The van der Waals surface area contributed by atoms with Crippen LogP contribution in [-0.4, -0.2) is 60.5 Å². The monoisotopic (exact) mass is 384 g/mol. The van der Waals surface area contributed by atoms with Gasteiger partial charge in [-0.25, -0.2) is 0 Å². The van der Waals surface area contributed by atoms with Crippen LogP contribution in [0.5, 0.6) is 0 Å². The van der Waals surface area contributed by atoms with Crippen LogP contribution in [0.1, 0.15) is 47.0 Å². The van der Waals surface area contributed by atoms with Crippen LogP contribution in [0.3, 0.4) is 0 Å². The largest absolute Gasteiger partial charge is 0.391 e. The van der Waals surface area contributed by atoms with Gasteiger partial charge in [0.25, 0.3) is 0 Å². The van der Waals surface area contributed by atoms with Crippen LogP contribution in [0.15, 0.2) is 0 Å². The number of aliphatic hydroxyl groups is 1. The smallest absolute Gasteiger partial charge is 0.245 e. The second-order valence-corrected chi connectivity index (χ2v) is 7.93. The first-order chi connectivity index (χ1) is 12.7. The first kappa shape index (κ1) is 23.5. The van der Waals surface area contributed by atoms with Gasteiger partial charge in [-0.05, 0) is 38.1 Å². The molecule has 3 unspecified atom stereocenters. The predicted octanol–water partition coefficient (Wildman–Crippen LogP) is -0.454. The van der Waals surface area contributed by atoms with Gasteiger partial charge in [0, 0.05) is 19.5 Å². The summed E-state index contributed by atoms with van der Waals surface area (Å²) in [5, 5.41) is 18.4. The van der Waals surface area contributed by atoms with Gasteiger partial charge in [0.05, 0.1) is 18.1 Å². The Labute approximate surface area is 162 Å². The Morgan fingerprint density at radius 2 is 1.85 bits per heavy atom. The zero-order valence-corrected chi connectivity index (χ0v) is 17.0. The Morgan fingerprint density at radius 3 is 2.37 bits per heavy atom. The molecule has 0 aromatic heterocycles. The van der Waals surface area contributed by atoms with E-state index in [0.29, 0.717) is 18.4 Å². The number of Topliss-reactive ketones (excluding diaryl/α,β-unsaturated/α-hetero) is 1. The minimum absolute atomic E-state index is 0.0255. The van der Waals surface area contributed by atoms with Crippen molar-refractivity contribution in [2.75, 3.05) is 19.6 Å². The van der Waals surface area contributed by atoms with Crippen LogP contribution < -0.4 is 21.7 Å². The predicted molar refractivity (Wildman–Crippen MR) is 104 cm³/mol. The van der Waals surface area contributed by atoms with Gasteiger partial charge in [-0.1, -0.05) is 20.8 Å². The summed E-state index contributed by atoms with van der Waals surface area (Å²) >= 11 is 0. The number of rotatable bonds is 10. The number of piperidine rings is 1. The molecule has 8 heteroatoms. The summed E-state index contributed by atoms with van der Waals surface area (Å²) < 4.78 is 0. The number of nitrogens with two attached hydrogens (primary N) is 1. The van der Waals surface area contributed by atoms with Gasteiger partial charge in [0.1, 0.15) is 6.04 Å². The second-order valence-electron chi connectivity index (χ2n) is 7.93. The van der Waals surface area contributed by atoms with Crippen molar-refractivity contribution in [2.45, 2.75) is 65.1 Å². The van der Waals surface area contributed by atoms with Gasteiger partial charge < -0.3 is 26.8 Å². The molecule has 5 atom stereocenters. The number of nitrogens with one attached hydrogen (secondary N) is 3. The second kappa shape index (κ2) is 11.4. The molecule has 6 N–H and O–H groups in total. The third-order valence-corrected chi connectivity index (χ3v) is 4.97. The molecule has 1 fully saturated rings. The van der Waals surface area contributed by atoms with Gasteiger partial charge in [0.2, 0.25) is 11.8 Å². The van der Waals surface area contributed by atoms with Crippen LogP contribution in [0.25, 0.3) is 0 Å². The first-order valence-corrected chi connectivity index (χ1v) is 9.91. The van der Waals surface area contributed by atoms with Crippen LogP contribution in [0, 0.1) is 17.8 Å². The number of ketones is 1. The maximum atomic E-state index is 12.7. The normalized spacial score (nSPS) is 23.4. The zero-order chi connectivity index (χ0) is 20.6. The fraction of sp³-hybridized carbons (Fsp3) is 0.842. The van der Waals surface area contributed by atoms with E-state index >= 15 is 0 Å². The van der Waals surface area contributed by atoms with Crippen molar-refractivity contribution >= 4 is 17.6 Å². The Bertz CT molecular complexity index is 510. The average Bonchev–Trinajstić information content (AvgIpc) is 2.62. The van der Waals surface area contributed by atoms with E-state index in [1.54, 1.807) is 6.92 Å². The summed E-state index contributed by atoms with van der Waals surface area (Å²) in [7, 11) is 0. The van der Waals surface area contributed by atoms with Crippen molar-refractivity contribution in [2.24, 2.45) is 23.5 Å². The topological polar surface area (TPSA) is 134 Å². The molecule has 0 spiro atoms. The van der Waals surface area contributed by atoms with E-state index in [-0.39, 0.29) is 30.6 Å². The molecule has 1 saturated heterocycles. The lowest BCUT2D eigenvalue weighted by Crippen LogP contribution is -2.58. The number of carbonyl (C=O) groups is 3. The van der Waals surface area contributed by atoms with Crippen molar-refractivity contribution in [1.82, 2.24) is 16.0 Å². The Balaban J connectivity index is 2.71. The minimum Gasteiger partial charge on any atom is -0.391 e. The summed E-state index contributed by atoms with van der Waals surface area (Å²) in [6, 6.07) is -1.94. The third-order valence-electron chi connectivity index (χ3n) is 4.97. The fourth-order valence-corrected chi connectivity index (χ4v) is 3.53. The number of hydrogen-bond donors (Lipinski definition) is 5. The van der Waals surface area contributed by atoms with E-state index in [1.165, 1.54) is 6.92 Å². The molecule has 156 valence electrons. The van der Waals surface area contributed by atoms with Crippen molar-refractivity contribution in [3.8, 4) is 0 Å². The summed E-state index contributed by atoms with van der Waals surface area (Å²) in [6.07, 6.45) is 0.949. The standard InChI is InChI=1S/C19H36N4O4/c1-5-16(25)15(8-20)22-19(27)17(12(4)24)23-18(26)14-7-13(6-11(2)3)9-21-10-14/h11-15,17,21,24H,5-10,20H2,1-4H3,(H,22,27)(H,23,26)/t12?,13?,14?,15-,17-/m0/s1. The maximum Gasteiger partial charge on any atom is 0.245 e. The van der Waals surface area contributed by atoms with Crippen molar-refractivity contribution in [1.29, 1.82) is 0 Å². The van der Waals surface area contributed by atoms with Gasteiger partial charge in [-0.15, -0.1) is 0 Å². The molecule has 27 heavy (non-hydrogen) atoms. The lowest BCUT2D eigenvalue weighted by atomic mass is 9.84. The molecule has 1 rings (SSSR count). The molecule has 0 saturated carbocycles. The van der Waals surface area contributed by atoms with Gasteiger partial charge in [-0.2, -0.15) is 0 Å². The lowest BCUT2D eigenvalue weighted by molar-refractivity contribution is -0.135. The highest BCUT2D eigenvalue weighted by Crippen LogP contribution is 2.23. The molecule has 2 amide bonds. The zero-order valence-electron chi connectivity index (χ0n) is 17.0. The van der Waals surface area contributed by atoms with E-state index in [1.807, 2.05) is 0 Å². The van der Waals surface area contributed by atoms with Crippen LogP contribution in [-0.2, 0) is 14.4 Å². The van der Waals surface area contributed by atoms with E-state index in [9.17, 15) is 19.5 Å². The highest BCUT2D eigenvalue weighted by atomic mass is 16.3. The van der Waals surface area contributed by atoms with E-state index in [0.717, 1.165) is 19.4 Å². The number of carbonyl (C=O) groups excluding carboxylic acids is 3. The number of hydrogen-bond acceptors (Lipinski definition) is 6. The average molecular weight is 385 g/mol. The highest BCUT2D eigenvalue weighted by Gasteiger charge is 2.33. The first-order valence-electron chi connectivity index (χ1n) is 9.91. The Morgan fingerprint density at radius 1 is 1.19 bits per heavy atom. The summed E-state index contributed by atoms with van der Waals surface area (Å²) in [5.41, 5.74) is 5.55. The van der Waals surface area contributed by atoms with Crippen LogP contribution in [0.2, 0.25) is 0 Å². The SMILES string of the molecule is CCC(=O)[C@H](CN)NC(=O)[C@@H](NC(=O)C1CNCC(CC(C)C)C1)C(C)O. The molecule has 8 nitrogen and oxygen atoms in total. The number of aliphatic hydroxyl groups excluding tert-OH is 1. The molecular formula is C19H36N4O4. The van der Waals surface area contributed by atoms with Crippen molar-refractivity contribution < 1.29 is 19.5 Å². The Kier molecular flexibility index (Phi) is 9.90. The van der Waals surface area contributed by atoms with Gasteiger partial charge >= 0.3 is 0 Å². The van der Waals surface area contributed by atoms with E-state index in [4.69, 9.17) is 5.73 Å². The molecule has 0 bridgehead atoms. The minimum atomic E-state index is -1.12. The van der Waals surface area contributed by atoms with Crippen molar-refractivity contribution in [3.05, 3.63) is 0 Å². The summed E-state index contributed by atoms with van der Waals surface area (Å²) in [4.78, 5) is 37.0. The molecule has 0 radical (unpaired) electrons. The highest BCUT2D eigenvalue weighted by molar-refractivity contribution is 5.93. The summed E-state index contributed by atoms with van der Waals surface area (Å²) in [5.74, 6) is -0.328. The molecule has 0 aromatic rings. The van der Waals surface area contributed by atoms with E-state index < -0.39 is 24.1 Å². The molecule has 0 aromatic carbocycles. The Hall–Kier alpha value is -1.51. The van der Waals surface area contributed by atoms with Gasteiger partial charge in [0.15, 0.2) is 5.78 Å². The quantitative estimate of drug-likeness (QED) is 0.346. The fourth-order valence-electron chi connectivity index (χ4n) is 3.53. The third kappa shape index (κ3) is 7.56. The molecule has 1 aliphatic heterocycles. The van der Waals surface area contributed by atoms with Crippen molar-refractivity contribution in [3.63, 3.8) is 0 Å². The molecule has 1 aliphatic rings. The molecule has 1 heterocycles. The maximum absolute atomic E-state index is 12.7. The van der Waals surface area contributed by atoms with Crippen LogP contribution in [0.4, 0.5) is 0 Å². The molecule has 0 aliphatic carbocycles. The lowest BCUT2D eigenvalue weighted by Gasteiger charge is -2.32. The van der Waals surface area contributed by atoms with Gasteiger partial charge in [-0.3, -0.25) is 14.4 Å².